The van der Waals surface area contributed by atoms with Gasteiger partial charge in [-0.2, -0.15) is 17.4 Å². The summed E-state index contributed by atoms with van der Waals surface area (Å²) >= 11 is 0. The second-order valence-corrected chi connectivity index (χ2v) is 13.8. The number of imidazole rings is 1. The van der Waals surface area contributed by atoms with Crippen LogP contribution in [0.25, 0.3) is 16.7 Å². The van der Waals surface area contributed by atoms with Crippen LogP contribution in [-0.4, -0.2) is 64.5 Å². The minimum atomic E-state index is -4.02. The second-order valence-electron chi connectivity index (χ2n) is 10.3. The molecule has 0 amide bonds. The molecule has 1 saturated carbocycles. The number of alkyl halides is 2. The summed E-state index contributed by atoms with van der Waals surface area (Å²) in [7, 11) is -7.91. The summed E-state index contributed by atoms with van der Waals surface area (Å²) in [5.74, 6) is -2.43. The van der Waals surface area contributed by atoms with Crippen molar-refractivity contribution in [2.45, 2.75) is 49.5 Å². The van der Waals surface area contributed by atoms with Crippen molar-refractivity contribution in [2.75, 3.05) is 13.1 Å². The van der Waals surface area contributed by atoms with Crippen LogP contribution in [0.2, 0.25) is 0 Å². The van der Waals surface area contributed by atoms with Gasteiger partial charge in [0, 0.05) is 18.2 Å². The largest absolute Gasteiger partial charge is 0.291 e. The lowest BCUT2D eigenvalue weighted by Gasteiger charge is -2.37. The third-order valence-corrected chi connectivity index (χ3v) is 10.7. The van der Waals surface area contributed by atoms with Gasteiger partial charge in [0.15, 0.2) is 5.65 Å². The first-order valence-electron chi connectivity index (χ1n) is 12.2. The molecule has 10 nitrogen and oxygen atoms in total. The maximum Gasteiger partial charge on any atom is 0.280 e. The Morgan fingerprint density at radius 1 is 1.00 bits per heavy atom. The molecule has 3 atom stereocenters. The van der Waals surface area contributed by atoms with Crippen molar-refractivity contribution in [2.24, 2.45) is 5.92 Å². The fraction of sp³-hybridized carbons (Fsp3) is 0.417. The zero-order chi connectivity index (χ0) is 27.0. The van der Waals surface area contributed by atoms with E-state index in [1.54, 1.807) is 42.7 Å². The van der Waals surface area contributed by atoms with E-state index in [1.165, 1.54) is 6.20 Å². The van der Waals surface area contributed by atoms with Crippen LogP contribution >= 0.6 is 0 Å². The van der Waals surface area contributed by atoms with Crippen LogP contribution in [0, 0.1) is 12.8 Å². The molecule has 0 spiro atoms. The molecule has 6 rings (SSSR count). The van der Waals surface area contributed by atoms with Gasteiger partial charge in [0.05, 0.1) is 41.4 Å². The molecule has 0 radical (unpaired) electrons. The maximum absolute atomic E-state index is 13.4. The number of fused-ring (bicyclic) bond motifs is 3. The number of nitrogens with one attached hydrogen (secondary N) is 1. The Morgan fingerprint density at radius 3 is 2.37 bits per heavy atom. The van der Waals surface area contributed by atoms with E-state index in [0.29, 0.717) is 29.7 Å². The van der Waals surface area contributed by atoms with Crippen molar-refractivity contribution in [1.82, 2.24) is 27.4 Å². The van der Waals surface area contributed by atoms with E-state index in [4.69, 9.17) is 0 Å². The van der Waals surface area contributed by atoms with Crippen LogP contribution in [0.4, 0.5) is 8.78 Å². The van der Waals surface area contributed by atoms with E-state index in [-0.39, 0.29) is 22.4 Å². The van der Waals surface area contributed by atoms with Gasteiger partial charge in [-0.05, 0) is 43.9 Å². The van der Waals surface area contributed by atoms with Crippen LogP contribution in [-0.2, 0) is 20.2 Å². The SMILES string of the molecule is Cc1ccc(S(=O)(=O)n2ccc3c2ncc2cnc([C@H]4C[C@@H](NS(=O)(=O)N5CC(F)(F)C5)C[C@H]4C)n23)cc1. The van der Waals surface area contributed by atoms with Crippen molar-refractivity contribution in [3.05, 3.63) is 60.3 Å². The van der Waals surface area contributed by atoms with Crippen LogP contribution in [0.3, 0.4) is 0 Å². The van der Waals surface area contributed by atoms with Crippen LogP contribution in [0.1, 0.15) is 37.1 Å². The molecule has 38 heavy (non-hydrogen) atoms. The molecular formula is C24H26F2N6O4S2. The van der Waals surface area contributed by atoms with Crippen molar-refractivity contribution in [3.8, 4) is 0 Å². The number of hydrogen-bond acceptors (Lipinski definition) is 6. The highest BCUT2D eigenvalue weighted by atomic mass is 32.2. The predicted molar refractivity (Wildman–Crippen MR) is 136 cm³/mol. The molecule has 14 heteroatoms. The molecule has 1 aliphatic heterocycles. The molecule has 2 aliphatic rings. The summed E-state index contributed by atoms with van der Waals surface area (Å²) in [5.41, 5.74) is 2.43. The molecule has 4 aromatic rings. The van der Waals surface area contributed by atoms with Crippen LogP contribution in [0.5, 0.6) is 0 Å². The summed E-state index contributed by atoms with van der Waals surface area (Å²) in [6, 6.07) is 7.82. The normalized spacial score (nSPS) is 24.3. The molecule has 4 heterocycles. The molecule has 2 fully saturated rings. The monoisotopic (exact) mass is 564 g/mol. The minimum Gasteiger partial charge on any atom is -0.291 e. The molecule has 0 unspecified atom stereocenters. The van der Waals surface area contributed by atoms with Crippen molar-refractivity contribution in [3.63, 3.8) is 0 Å². The molecule has 1 aromatic carbocycles. The summed E-state index contributed by atoms with van der Waals surface area (Å²) in [4.78, 5) is 9.17. The Labute approximate surface area is 218 Å². The fourth-order valence-corrected chi connectivity index (χ4v) is 8.24. The van der Waals surface area contributed by atoms with Crippen molar-refractivity contribution < 1.29 is 25.6 Å². The summed E-state index contributed by atoms with van der Waals surface area (Å²) in [6.45, 7) is 2.24. The van der Waals surface area contributed by atoms with E-state index in [9.17, 15) is 25.6 Å². The van der Waals surface area contributed by atoms with Gasteiger partial charge in [0.25, 0.3) is 26.2 Å². The van der Waals surface area contributed by atoms with Gasteiger partial charge in [-0.15, -0.1) is 0 Å². The molecule has 1 saturated heterocycles. The van der Waals surface area contributed by atoms with Gasteiger partial charge in [0.1, 0.15) is 5.82 Å². The first kappa shape index (κ1) is 25.3. The number of benzene rings is 1. The molecule has 0 bridgehead atoms. The van der Waals surface area contributed by atoms with Crippen molar-refractivity contribution in [1.29, 1.82) is 0 Å². The van der Waals surface area contributed by atoms with Gasteiger partial charge >= 0.3 is 0 Å². The molecule has 3 aromatic heterocycles. The smallest absolute Gasteiger partial charge is 0.280 e. The van der Waals surface area contributed by atoms with Gasteiger partial charge in [-0.25, -0.2) is 31.1 Å². The van der Waals surface area contributed by atoms with E-state index < -0.39 is 45.3 Å². The highest BCUT2D eigenvalue weighted by Gasteiger charge is 2.50. The number of aryl methyl sites for hydroxylation is 1. The summed E-state index contributed by atoms with van der Waals surface area (Å²) in [5, 5.41) is 0. The van der Waals surface area contributed by atoms with Gasteiger partial charge < -0.3 is 0 Å². The lowest BCUT2D eigenvalue weighted by molar-refractivity contribution is -0.0950. The first-order chi connectivity index (χ1) is 17.9. The quantitative estimate of drug-likeness (QED) is 0.385. The fourth-order valence-electron chi connectivity index (χ4n) is 5.46. The Kier molecular flexibility index (Phi) is 5.69. The lowest BCUT2D eigenvalue weighted by Crippen LogP contribution is -2.61. The Bertz CT molecular complexity index is 1760. The second kappa shape index (κ2) is 8.53. The van der Waals surface area contributed by atoms with E-state index in [0.717, 1.165) is 13.8 Å². The topological polar surface area (TPSA) is 119 Å². The van der Waals surface area contributed by atoms with E-state index >= 15 is 0 Å². The third-order valence-electron chi connectivity index (χ3n) is 7.44. The maximum atomic E-state index is 13.4. The average molecular weight is 565 g/mol. The average Bonchev–Trinajstić information content (AvgIpc) is 3.53. The molecule has 202 valence electrons. The minimum absolute atomic E-state index is 0.0349. The number of rotatable bonds is 6. The third kappa shape index (κ3) is 4.10. The number of hydrogen-bond donors (Lipinski definition) is 1. The van der Waals surface area contributed by atoms with E-state index in [1.807, 2.05) is 18.2 Å². The van der Waals surface area contributed by atoms with Crippen molar-refractivity contribution >= 4 is 36.9 Å². The zero-order valence-corrected chi connectivity index (χ0v) is 22.3. The Balaban J connectivity index is 1.32. The lowest BCUT2D eigenvalue weighted by atomic mass is 9.97. The predicted octanol–water partition coefficient (Wildman–Crippen LogP) is 2.90. The van der Waals surface area contributed by atoms with Gasteiger partial charge in [-0.1, -0.05) is 24.6 Å². The zero-order valence-electron chi connectivity index (χ0n) is 20.6. The molecule has 1 aliphatic carbocycles. The van der Waals surface area contributed by atoms with Gasteiger partial charge in [-0.3, -0.25) is 4.40 Å². The number of aromatic nitrogens is 4. The Hall–Kier alpha value is -2.94. The number of nitrogens with zero attached hydrogens (tertiary/aromatic N) is 5. The molecular weight excluding hydrogens is 538 g/mol. The standard InChI is InChI=1S/C24H26F2N6O4S2/c1-15-3-5-19(6-4-15)37(33,34)31-8-7-21-23(31)28-12-18-11-27-22(32(18)21)20-10-17(9-16(20)2)29-38(35,36)30-13-24(25,26)14-30/h3-8,11-12,16-17,20,29H,9-10,13-14H2,1-2H3/t16-,17+,20+/m1/s1. The number of halogens is 2. The van der Waals surface area contributed by atoms with E-state index in [2.05, 4.69) is 14.7 Å². The summed E-state index contributed by atoms with van der Waals surface area (Å²) < 4.78 is 84.6. The highest BCUT2D eigenvalue weighted by Crippen LogP contribution is 2.40. The summed E-state index contributed by atoms with van der Waals surface area (Å²) in [6.07, 6.45) is 5.62. The first-order valence-corrected chi connectivity index (χ1v) is 15.0. The highest BCUT2D eigenvalue weighted by molar-refractivity contribution is 7.90. The van der Waals surface area contributed by atoms with Crippen LogP contribution < -0.4 is 4.72 Å². The molecule has 1 N–H and O–H groups in total. The van der Waals surface area contributed by atoms with Gasteiger partial charge in [0.2, 0.25) is 0 Å². The van der Waals surface area contributed by atoms with Crippen LogP contribution in [0.15, 0.2) is 53.8 Å². The Morgan fingerprint density at radius 2 is 1.68 bits per heavy atom.